The summed E-state index contributed by atoms with van der Waals surface area (Å²) in [5.74, 6) is 0. The van der Waals surface area contributed by atoms with Gasteiger partial charge in [-0.05, 0) is 39.0 Å². The normalized spacial score (nSPS) is 8.82. The van der Waals surface area contributed by atoms with Crippen molar-refractivity contribution in [1.82, 2.24) is 5.32 Å². The van der Waals surface area contributed by atoms with Crippen molar-refractivity contribution in [2.45, 2.75) is 12.8 Å². The molecular weight excluding hydrogens is 256 g/mol. The third kappa shape index (κ3) is 18.1. The van der Waals surface area contributed by atoms with E-state index in [-0.39, 0.29) is 0 Å². The molecule has 0 amide bonds. The molecule has 0 aliphatic rings. The first-order valence-electron chi connectivity index (χ1n) is 3.64. The van der Waals surface area contributed by atoms with E-state index in [4.69, 9.17) is 11.5 Å². The Bertz CT molecular complexity index is 51.1. The molecule has 0 fully saturated rings. The van der Waals surface area contributed by atoms with Crippen LogP contribution in [0.25, 0.3) is 0 Å². The van der Waals surface area contributed by atoms with Gasteiger partial charge in [-0.15, -0.1) is 0 Å². The molecule has 0 saturated heterocycles. The van der Waals surface area contributed by atoms with E-state index >= 15 is 0 Å². The molecule has 0 aromatic heterocycles. The SMILES string of the molecule is NCCCNCCCN.[Cl][Pd+]. The molecule has 0 atom stereocenters. The van der Waals surface area contributed by atoms with Gasteiger partial charge >= 0.3 is 27.7 Å². The predicted molar refractivity (Wildman–Crippen MR) is 46.1 cm³/mol. The number of nitrogens with one attached hydrogen (secondary N) is 1. The Balaban J connectivity index is 0. The first kappa shape index (κ1) is 14.4. The second-order valence-electron chi connectivity index (χ2n) is 2.03. The third-order valence-electron chi connectivity index (χ3n) is 1.12. The van der Waals surface area contributed by atoms with Crippen molar-refractivity contribution in [2.24, 2.45) is 11.5 Å². The Labute approximate surface area is 83.6 Å². The maximum atomic E-state index is 5.28. The number of rotatable bonds is 6. The van der Waals surface area contributed by atoms with Gasteiger partial charge in [0, 0.05) is 0 Å². The van der Waals surface area contributed by atoms with Crippen LogP contribution in [0, 0.1) is 0 Å². The molecule has 0 aliphatic carbocycles. The molecule has 5 N–H and O–H groups in total. The predicted octanol–water partition coefficient (Wildman–Crippen LogP) is -0.0394. The van der Waals surface area contributed by atoms with Crippen LogP contribution < -0.4 is 16.8 Å². The Kier molecular flexibility index (Phi) is 22.3. The van der Waals surface area contributed by atoms with E-state index < -0.39 is 0 Å². The van der Waals surface area contributed by atoms with Gasteiger partial charge < -0.3 is 16.8 Å². The molecular formula is C6H17ClN3Pd+. The van der Waals surface area contributed by atoms with E-state index in [9.17, 15) is 0 Å². The number of nitrogens with two attached hydrogens (primary N) is 2. The van der Waals surface area contributed by atoms with Crippen LogP contribution in [-0.4, -0.2) is 26.2 Å². The Hall–Kier alpha value is 0.832. The number of hydrogen-bond donors (Lipinski definition) is 3. The minimum absolute atomic E-state index is 0.773. The molecule has 3 nitrogen and oxygen atoms in total. The average Bonchev–Trinajstić information content (AvgIpc) is 2.08. The fourth-order valence-electron chi connectivity index (χ4n) is 0.579. The molecule has 0 aromatic rings. The van der Waals surface area contributed by atoms with E-state index in [0.717, 1.165) is 39.0 Å². The van der Waals surface area contributed by atoms with Crippen LogP contribution >= 0.6 is 9.53 Å². The van der Waals surface area contributed by atoms with Crippen LogP contribution in [0.3, 0.4) is 0 Å². The molecule has 72 valence electrons. The van der Waals surface area contributed by atoms with Gasteiger partial charge in [-0.3, -0.25) is 0 Å². The Morgan fingerprint density at radius 2 is 1.36 bits per heavy atom. The van der Waals surface area contributed by atoms with Crippen molar-refractivity contribution >= 4 is 9.53 Å². The van der Waals surface area contributed by atoms with Gasteiger partial charge in [-0.25, -0.2) is 0 Å². The molecule has 0 aliphatic heterocycles. The van der Waals surface area contributed by atoms with Crippen LogP contribution in [0.5, 0.6) is 0 Å². The zero-order valence-corrected chi connectivity index (χ0v) is 8.90. The van der Waals surface area contributed by atoms with Crippen LogP contribution in [0.2, 0.25) is 0 Å². The Morgan fingerprint density at radius 1 is 1.00 bits per heavy atom. The molecule has 0 radical (unpaired) electrons. The van der Waals surface area contributed by atoms with Crippen molar-refractivity contribution in [2.75, 3.05) is 26.2 Å². The van der Waals surface area contributed by atoms with Crippen molar-refractivity contribution in [3.8, 4) is 0 Å². The van der Waals surface area contributed by atoms with Gasteiger partial charge in [0.15, 0.2) is 0 Å². The van der Waals surface area contributed by atoms with Crippen LogP contribution in [0.4, 0.5) is 0 Å². The summed E-state index contributed by atoms with van der Waals surface area (Å²) in [5, 5.41) is 3.23. The molecule has 5 heteroatoms. The number of halogens is 1. The van der Waals surface area contributed by atoms with Gasteiger partial charge in [-0.2, -0.15) is 0 Å². The van der Waals surface area contributed by atoms with E-state index in [2.05, 4.69) is 33.0 Å². The average molecular weight is 273 g/mol. The summed E-state index contributed by atoms with van der Waals surface area (Å²) in [6, 6.07) is 0. The van der Waals surface area contributed by atoms with Gasteiger partial charge in [0.25, 0.3) is 0 Å². The van der Waals surface area contributed by atoms with E-state index in [0.29, 0.717) is 0 Å². The fourth-order valence-corrected chi connectivity index (χ4v) is 0.579. The topological polar surface area (TPSA) is 64.1 Å². The first-order chi connectivity index (χ1) is 5.41. The monoisotopic (exact) mass is 272 g/mol. The van der Waals surface area contributed by atoms with E-state index in [1.165, 1.54) is 0 Å². The molecule has 0 spiro atoms. The molecule has 0 bridgehead atoms. The Morgan fingerprint density at radius 3 is 1.64 bits per heavy atom. The van der Waals surface area contributed by atoms with Gasteiger partial charge in [0.1, 0.15) is 0 Å². The summed E-state index contributed by atoms with van der Waals surface area (Å²) in [7, 11) is 4.49. The third-order valence-corrected chi connectivity index (χ3v) is 1.12. The summed E-state index contributed by atoms with van der Waals surface area (Å²) in [5.41, 5.74) is 10.6. The first-order valence-corrected chi connectivity index (χ1v) is 5.64. The second kappa shape index (κ2) is 17.1. The second-order valence-corrected chi connectivity index (χ2v) is 2.03. The molecule has 11 heavy (non-hydrogen) atoms. The summed E-state index contributed by atoms with van der Waals surface area (Å²) < 4.78 is 0. The van der Waals surface area contributed by atoms with Crippen LogP contribution in [0.1, 0.15) is 12.8 Å². The van der Waals surface area contributed by atoms with E-state index in [1.807, 2.05) is 0 Å². The molecule has 0 aromatic carbocycles. The van der Waals surface area contributed by atoms with Gasteiger partial charge in [-0.1, -0.05) is 0 Å². The van der Waals surface area contributed by atoms with Crippen molar-refractivity contribution < 1.29 is 18.2 Å². The maximum absolute atomic E-state index is 5.28. The van der Waals surface area contributed by atoms with Crippen molar-refractivity contribution in [3.63, 3.8) is 0 Å². The standard InChI is InChI=1S/C6H17N3.ClH.Pd/c7-3-1-5-9-6-2-4-8;;/h9H,1-8H2;1H;/q;;+2/p-1. The minimum atomic E-state index is 0.773. The summed E-state index contributed by atoms with van der Waals surface area (Å²) in [6.45, 7) is 3.60. The number of hydrogen-bond acceptors (Lipinski definition) is 3. The van der Waals surface area contributed by atoms with E-state index in [1.54, 1.807) is 0 Å². The summed E-state index contributed by atoms with van der Waals surface area (Å²) in [4.78, 5) is 0. The van der Waals surface area contributed by atoms with Crippen LogP contribution in [-0.2, 0) is 18.2 Å². The van der Waals surface area contributed by atoms with Crippen LogP contribution in [0.15, 0.2) is 0 Å². The molecule has 0 rings (SSSR count). The molecule has 0 heterocycles. The van der Waals surface area contributed by atoms with Gasteiger partial charge in [0.2, 0.25) is 0 Å². The van der Waals surface area contributed by atoms with Crippen molar-refractivity contribution in [3.05, 3.63) is 0 Å². The summed E-state index contributed by atoms with van der Waals surface area (Å²) in [6.07, 6.45) is 2.12. The van der Waals surface area contributed by atoms with Crippen molar-refractivity contribution in [1.29, 1.82) is 0 Å². The summed E-state index contributed by atoms with van der Waals surface area (Å²) >= 11 is 2.22. The van der Waals surface area contributed by atoms with Gasteiger partial charge in [0.05, 0.1) is 0 Å². The molecule has 0 saturated carbocycles. The zero-order chi connectivity index (χ0) is 8.95. The quantitative estimate of drug-likeness (QED) is 0.470. The fraction of sp³-hybridized carbons (Fsp3) is 1.00. The zero-order valence-electron chi connectivity index (χ0n) is 6.59. The molecule has 0 unspecified atom stereocenters.